The highest BCUT2D eigenvalue weighted by Crippen LogP contribution is 2.14. The zero-order valence-corrected chi connectivity index (χ0v) is 9.96. The van der Waals surface area contributed by atoms with Gasteiger partial charge in [-0.3, -0.25) is 4.99 Å². The van der Waals surface area contributed by atoms with E-state index < -0.39 is 15.3 Å². The first kappa shape index (κ1) is 12.6. The lowest BCUT2D eigenvalue weighted by Crippen LogP contribution is -2.22. The molecule has 0 aromatic heterocycles. The fraction of sp³-hybridized carbons (Fsp3) is 0.900. The van der Waals surface area contributed by atoms with E-state index in [0.717, 1.165) is 18.6 Å². The van der Waals surface area contributed by atoms with Crippen molar-refractivity contribution in [2.24, 2.45) is 4.99 Å². The summed E-state index contributed by atoms with van der Waals surface area (Å²) in [5.41, 5.74) is -0.133. The van der Waals surface area contributed by atoms with Crippen molar-refractivity contribution < 1.29 is 13.5 Å². The first-order valence-electron chi connectivity index (χ1n) is 5.44. The van der Waals surface area contributed by atoms with Crippen LogP contribution >= 0.6 is 0 Å². The van der Waals surface area contributed by atoms with Crippen molar-refractivity contribution >= 4 is 15.5 Å². The van der Waals surface area contributed by atoms with Crippen LogP contribution in [0.15, 0.2) is 4.99 Å². The molecular formula is C10H19NO3S. The lowest BCUT2D eigenvalue weighted by atomic mass is 9.99. The Morgan fingerprint density at radius 3 is 2.47 bits per heavy atom. The molecule has 5 heteroatoms. The molecule has 1 unspecified atom stereocenters. The summed E-state index contributed by atoms with van der Waals surface area (Å²) >= 11 is 0. The Morgan fingerprint density at radius 1 is 1.33 bits per heavy atom. The quantitative estimate of drug-likeness (QED) is 0.792. The third-order valence-electron chi connectivity index (χ3n) is 2.66. The number of rotatable bonds is 4. The minimum Gasteiger partial charge on any atom is -0.377 e. The predicted octanol–water partition coefficient (Wildman–Crippen LogP) is 1.14. The van der Waals surface area contributed by atoms with Gasteiger partial charge in [0.05, 0.1) is 12.3 Å². The molecule has 1 N–H and O–H groups in total. The highest BCUT2D eigenvalue weighted by molar-refractivity contribution is 7.91. The van der Waals surface area contributed by atoms with Gasteiger partial charge in [-0.2, -0.15) is 0 Å². The van der Waals surface area contributed by atoms with Crippen LogP contribution in [-0.2, 0) is 9.84 Å². The van der Waals surface area contributed by atoms with Crippen LogP contribution in [0.25, 0.3) is 0 Å². The van der Waals surface area contributed by atoms with Gasteiger partial charge in [0.2, 0.25) is 0 Å². The van der Waals surface area contributed by atoms with Gasteiger partial charge in [0.25, 0.3) is 0 Å². The van der Waals surface area contributed by atoms with E-state index >= 15 is 0 Å². The Balaban J connectivity index is 2.37. The molecule has 0 aliphatic heterocycles. The molecule has 0 radical (unpaired) electrons. The molecule has 1 aliphatic carbocycles. The summed E-state index contributed by atoms with van der Waals surface area (Å²) in [4.78, 5) is 4.28. The fourth-order valence-electron chi connectivity index (χ4n) is 1.62. The summed E-state index contributed by atoms with van der Waals surface area (Å²) in [7, 11) is -3.35. The van der Waals surface area contributed by atoms with Gasteiger partial charge in [-0.25, -0.2) is 8.42 Å². The standard InChI is InChI=1S/C10H19NO3S/c1-9(12)15(13,14)8-7-11-10-5-3-2-4-6-10/h9,12H,2-8H2,1H3. The molecule has 15 heavy (non-hydrogen) atoms. The van der Waals surface area contributed by atoms with E-state index in [-0.39, 0.29) is 5.75 Å². The van der Waals surface area contributed by atoms with Gasteiger partial charge in [-0.05, 0) is 32.6 Å². The number of aliphatic imine (C=N–C) groups is 1. The topological polar surface area (TPSA) is 66.7 Å². The summed E-state index contributed by atoms with van der Waals surface area (Å²) in [6.45, 7) is 1.58. The first-order chi connectivity index (χ1) is 7.02. The van der Waals surface area contributed by atoms with Crippen LogP contribution in [0.2, 0.25) is 0 Å². The third kappa shape index (κ3) is 4.30. The summed E-state index contributed by atoms with van der Waals surface area (Å²) in [5, 5.41) is 8.98. The van der Waals surface area contributed by atoms with Crippen LogP contribution in [0.1, 0.15) is 39.0 Å². The average molecular weight is 233 g/mol. The van der Waals surface area contributed by atoms with Gasteiger partial charge in [-0.1, -0.05) is 6.42 Å². The second kappa shape index (κ2) is 5.61. The van der Waals surface area contributed by atoms with Gasteiger partial charge >= 0.3 is 0 Å². The molecule has 1 saturated carbocycles. The van der Waals surface area contributed by atoms with Crippen molar-refractivity contribution in [1.82, 2.24) is 0 Å². The second-order valence-electron chi connectivity index (χ2n) is 3.97. The number of aliphatic hydroxyl groups is 1. The summed E-state index contributed by atoms with van der Waals surface area (Å²) in [6.07, 6.45) is 5.61. The maximum absolute atomic E-state index is 11.3. The van der Waals surface area contributed by atoms with Crippen molar-refractivity contribution in [3.8, 4) is 0 Å². The molecule has 4 nitrogen and oxygen atoms in total. The van der Waals surface area contributed by atoms with Gasteiger partial charge in [-0.15, -0.1) is 0 Å². The van der Waals surface area contributed by atoms with E-state index in [2.05, 4.69) is 4.99 Å². The van der Waals surface area contributed by atoms with E-state index in [1.165, 1.54) is 26.2 Å². The van der Waals surface area contributed by atoms with Gasteiger partial charge < -0.3 is 5.11 Å². The molecule has 0 heterocycles. The molecule has 0 spiro atoms. The van der Waals surface area contributed by atoms with E-state index in [0.29, 0.717) is 6.54 Å². The molecule has 0 amide bonds. The molecule has 1 aliphatic rings. The van der Waals surface area contributed by atoms with Crippen molar-refractivity contribution in [3.63, 3.8) is 0 Å². The monoisotopic (exact) mass is 233 g/mol. The maximum Gasteiger partial charge on any atom is 0.178 e. The second-order valence-corrected chi connectivity index (χ2v) is 6.39. The molecule has 1 rings (SSSR count). The molecule has 0 aromatic carbocycles. The van der Waals surface area contributed by atoms with E-state index in [1.54, 1.807) is 0 Å². The smallest absolute Gasteiger partial charge is 0.178 e. The van der Waals surface area contributed by atoms with Crippen LogP contribution in [0.3, 0.4) is 0 Å². The van der Waals surface area contributed by atoms with Crippen molar-refractivity contribution in [2.75, 3.05) is 12.3 Å². The molecule has 0 saturated heterocycles. The van der Waals surface area contributed by atoms with Gasteiger partial charge in [0.15, 0.2) is 15.3 Å². The summed E-state index contributed by atoms with van der Waals surface area (Å²) in [5.74, 6) is -0.0475. The Morgan fingerprint density at radius 2 is 1.93 bits per heavy atom. The number of sulfone groups is 1. The zero-order valence-electron chi connectivity index (χ0n) is 9.15. The van der Waals surface area contributed by atoms with Crippen LogP contribution in [0.5, 0.6) is 0 Å². The van der Waals surface area contributed by atoms with Crippen LogP contribution < -0.4 is 0 Å². The van der Waals surface area contributed by atoms with Crippen molar-refractivity contribution in [3.05, 3.63) is 0 Å². The summed E-state index contributed by atoms with van der Waals surface area (Å²) in [6, 6.07) is 0. The lowest BCUT2D eigenvalue weighted by molar-refractivity contribution is 0.268. The first-order valence-corrected chi connectivity index (χ1v) is 7.16. The minimum atomic E-state index is -3.35. The number of hydrogen-bond donors (Lipinski definition) is 1. The number of nitrogens with zero attached hydrogens (tertiary/aromatic N) is 1. The molecule has 1 fully saturated rings. The predicted molar refractivity (Wildman–Crippen MR) is 60.9 cm³/mol. The average Bonchev–Trinajstić information content (AvgIpc) is 2.19. The van der Waals surface area contributed by atoms with Crippen molar-refractivity contribution in [2.45, 2.75) is 44.5 Å². The molecule has 88 valence electrons. The van der Waals surface area contributed by atoms with E-state index in [1.807, 2.05) is 0 Å². The third-order valence-corrected chi connectivity index (χ3v) is 4.45. The van der Waals surface area contributed by atoms with Crippen LogP contribution in [0, 0.1) is 0 Å². The lowest BCUT2D eigenvalue weighted by Gasteiger charge is -2.12. The summed E-state index contributed by atoms with van der Waals surface area (Å²) < 4.78 is 22.5. The Labute approximate surface area is 91.3 Å². The van der Waals surface area contributed by atoms with Crippen molar-refractivity contribution in [1.29, 1.82) is 0 Å². The van der Waals surface area contributed by atoms with Gasteiger partial charge in [0.1, 0.15) is 0 Å². The van der Waals surface area contributed by atoms with Gasteiger partial charge in [0, 0.05) is 5.71 Å². The minimum absolute atomic E-state index is 0.0475. The normalized spacial score (nSPS) is 20.0. The highest BCUT2D eigenvalue weighted by Gasteiger charge is 2.17. The number of aliphatic hydroxyl groups excluding tert-OH is 1. The van der Waals surface area contributed by atoms with Crippen LogP contribution in [0.4, 0.5) is 0 Å². The highest BCUT2D eigenvalue weighted by atomic mass is 32.2. The van der Waals surface area contributed by atoms with Crippen LogP contribution in [-0.4, -0.2) is 37.0 Å². The van der Waals surface area contributed by atoms with E-state index in [4.69, 9.17) is 5.11 Å². The largest absolute Gasteiger partial charge is 0.377 e. The molecular weight excluding hydrogens is 214 g/mol. The molecule has 0 aromatic rings. The fourth-order valence-corrected chi connectivity index (χ4v) is 2.31. The SMILES string of the molecule is CC(O)S(=O)(=O)CCN=C1CCCCC1. The Kier molecular flexibility index (Phi) is 4.73. The zero-order chi connectivity index (χ0) is 11.3. The number of hydrogen-bond acceptors (Lipinski definition) is 4. The Hall–Kier alpha value is -0.420. The van der Waals surface area contributed by atoms with E-state index in [9.17, 15) is 8.42 Å². The Bertz CT molecular complexity index is 312. The maximum atomic E-state index is 11.3. The molecule has 0 bridgehead atoms. The molecule has 1 atom stereocenters.